The number of ether oxygens (including phenoxy) is 1. The second-order valence-corrected chi connectivity index (χ2v) is 4.76. The molecule has 0 aromatic heterocycles. The molecule has 0 aliphatic carbocycles. The first kappa shape index (κ1) is 14.1. The molecule has 0 aliphatic heterocycles. The van der Waals surface area contributed by atoms with Gasteiger partial charge >= 0.3 is 5.97 Å². The number of halogens is 1. The van der Waals surface area contributed by atoms with Crippen molar-refractivity contribution >= 4 is 11.7 Å². The van der Waals surface area contributed by atoms with Gasteiger partial charge in [-0.15, -0.1) is 0 Å². The summed E-state index contributed by atoms with van der Waals surface area (Å²) in [6, 6.07) is 10.3. The van der Waals surface area contributed by atoms with Crippen LogP contribution in [0.3, 0.4) is 0 Å². The minimum Gasteiger partial charge on any atom is -0.457 e. The third-order valence-electron chi connectivity index (χ3n) is 2.99. The van der Waals surface area contributed by atoms with Gasteiger partial charge in [0.2, 0.25) is 0 Å². The first-order valence-corrected chi connectivity index (χ1v) is 6.25. The van der Waals surface area contributed by atoms with Crippen molar-refractivity contribution in [3.05, 3.63) is 64.5 Å². The van der Waals surface area contributed by atoms with E-state index in [0.717, 1.165) is 11.1 Å². The lowest BCUT2D eigenvalue weighted by Gasteiger charge is -2.08. The molecule has 0 saturated carbocycles. The smallest absolute Gasteiger partial charge is 0.341 e. The SMILES string of the molecule is Cc1ccc(COC(=O)c2cc(N)cc(C)c2F)cc1. The Morgan fingerprint density at radius 2 is 1.85 bits per heavy atom. The molecule has 0 saturated heterocycles. The van der Waals surface area contributed by atoms with Crippen molar-refractivity contribution in [3.8, 4) is 0 Å². The number of carbonyl (C=O) groups is 1. The second kappa shape index (κ2) is 5.74. The van der Waals surface area contributed by atoms with Gasteiger partial charge in [-0.1, -0.05) is 29.8 Å². The van der Waals surface area contributed by atoms with Crippen LogP contribution in [-0.4, -0.2) is 5.97 Å². The van der Waals surface area contributed by atoms with Crippen molar-refractivity contribution in [1.29, 1.82) is 0 Å². The van der Waals surface area contributed by atoms with E-state index >= 15 is 0 Å². The number of carbonyl (C=O) groups excluding carboxylic acids is 1. The Labute approximate surface area is 117 Å². The predicted molar refractivity (Wildman–Crippen MR) is 75.8 cm³/mol. The van der Waals surface area contributed by atoms with Crippen molar-refractivity contribution in [3.63, 3.8) is 0 Å². The monoisotopic (exact) mass is 273 g/mol. The Kier molecular flexibility index (Phi) is 4.03. The molecule has 0 radical (unpaired) electrons. The average molecular weight is 273 g/mol. The van der Waals surface area contributed by atoms with Crippen LogP contribution in [0.25, 0.3) is 0 Å². The van der Waals surface area contributed by atoms with Crippen LogP contribution in [0.2, 0.25) is 0 Å². The average Bonchev–Trinajstić information content (AvgIpc) is 2.42. The molecule has 20 heavy (non-hydrogen) atoms. The molecule has 104 valence electrons. The fraction of sp³-hybridized carbons (Fsp3) is 0.188. The second-order valence-electron chi connectivity index (χ2n) is 4.76. The third kappa shape index (κ3) is 3.15. The Hall–Kier alpha value is -2.36. The lowest BCUT2D eigenvalue weighted by Crippen LogP contribution is -2.09. The summed E-state index contributed by atoms with van der Waals surface area (Å²) in [5.74, 6) is -1.30. The van der Waals surface area contributed by atoms with Gasteiger partial charge in [0.1, 0.15) is 12.4 Å². The summed E-state index contributed by atoms with van der Waals surface area (Å²) in [5, 5.41) is 0. The first-order chi connectivity index (χ1) is 9.47. The van der Waals surface area contributed by atoms with E-state index in [2.05, 4.69) is 0 Å². The van der Waals surface area contributed by atoms with Crippen LogP contribution in [0.4, 0.5) is 10.1 Å². The van der Waals surface area contributed by atoms with Crippen LogP contribution in [0.1, 0.15) is 27.0 Å². The Balaban J connectivity index is 2.11. The van der Waals surface area contributed by atoms with Gasteiger partial charge in [-0.3, -0.25) is 0 Å². The van der Waals surface area contributed by atoms with Gasteiger partial charge in [-0.25, -0.2) is 9.18 Å². The summed E-state index contributed by atoms with van der Waals surface area (Å²) in [5.41, 5.74) is 8.13. The van der Waals surface area contributed by atoms with Crippen molar-refractivity contribution in [1.82, 2.24) is 0 Å². The van der Waals surface area contributed by atoms with Gasteiger partial charge in [0.15, 0.2) is 0 Å². The molecule has 0 aliphatic rings. The molecule has 0 atom stereocenters. The van der Waals surface area contributed by atoms with Gasteiger partial charge < -0.3 is 10.5 Å². The summed E-state index contributed by atoms with van der Waals surface area (Å²) >= 11 is 0. The zero-order valence-corrected chi connectivity index (χ0v) is 11.4. The number of nitrogens with two attached hydrogens (primary N) is 1. The highest BCUT2D eigenvalue weighted by atomic mass is 19.1. The number of rotatable bonds is 3. The van der Waals surface area contributed by atoms with E-state index < -0.39 is 11.8 Å². The predicted octanol–water partition coefficient (Wildman–Crippen LogP) is 3.38. The van der Waals surface area contributed by atoms with Crippen LogP contribution >= 0.6 is 0 Å². The summed E-state index contributed by atoms with van der Waals surface area (Å²) in [6.07, 6.45) is 0. The largest absolute Gasteiger partial charge is 0.457 e. The van der Waals surface area contributed by atoms with E-state index in [4.69, 9.17) is 10.5 Å². The maximum Gasteiger partial charge on any atom is 0.341 e. The normalized spacial score (nSPS) is 10.3. The van der Waals surface area contributed by atoms with Crippen molar-refractivity contribution < 1.29 is 13.9 Å². The molecule has 2 rings (SSSR count). The Morgan fingerprint density at radius 1 is 1.20 bits per heavy atom. The maximum absolute atomic E-state index is 13.9. The zero-order chi connectivity index (χ0) is 14.7. The van der Waals surface area contributed by atoms with Gasteiger partial charge in [0.05, 0.1) is 5.56 Å². The van der Waals surface area contributed by atoms with Crippen LogP contribution in [0.15, 0.2) is 36.4 Å². The van der Waals surface area contributed by atoms with Gasteiger partial charge in [-0.05, 0) is 37.1 Å². The summed E-state index contributed by atoms with van der Waals surface area (Å²) in [7, 11) is 0. The summed E-state index contributed by atoms with van der Waals surface area (Å²) in [4.78, 5) is 11.9. The maximum atomic E-state index is 13.9. The molecule has 0 spiro atoms. The van der Waals surface area contributed by atoms with Crippen LogP contribution < -0.4 is 5.73 Å². The molecule has 0 amide bonds. The number of benzene rings is 2. The lowest BCUT2D eigenvalue weighted by atomic mass is 10.1. The van der Waals surface area contributed by atoms with Crippen molar-refractivity contribution in [2.75, 3.05) is 5.73 Å². The van der Waals surface area contributed by atoms with E-state index in [0.29, 0.717) is 11.3 Å². The summed E-state index contributed by atoms with van der Waals surface area (Å²) < 4.78 is 19.0. The fourth-order valence-corrected chi connectivity index (χ4v) is 1.86. The minimum atomic E-state index is -0.710. The lowest BCUT2D eigenvalue weighted by molar-refractivity contribution is 0.0467. The summed E-state index contributed by atoms with van der Waals surface area (Å²) in [6.45, 7) is 3.63. The Morgan fingerprint density at radius 3 is 2.50 bits per heavy atom. The third-order valence-corrected chi connectivity index (χ3v) is 2.99. The highest BCUT2D eigenvalue weighted by molar-refractivity contribution is 5.91. The quantitative estimate of drug-likeness (QED) is 0.689. The molecule has 0 heterocycles. The molecule has 0 bridgehead atoms. The van der Waals surface area contributed by atoms with E-state index in [1.165, 1.54) is 12.1 Å². The molecule has 4 heteroatoms. The van der Waals surface area contributed by atoms with Gasteiger partial charge in [0.25, 0.3) is 0 Å². The number of aryl methyl sites for hydroxylation is 2. The number of hydrogen-bond acceptors (Lipinski definition) is 3. The number of anilines is 1. The van der Waals surface area contributed by atoms with Crippen molar-refractivity contribution in [2.24, 2.45) is 0 Å². The van der Waals surface area contributed by atoms with Gasteiger partial charge in [0, 0.05) is 5.69 Å². The number of nitrogen functional groups attached to an aromatic ring is 1. The van der Waals surface area contributed by atoms with Crippen LogP contribution in [0, 0.1) is 19.7 Å². The minimum absolute atomic E-state index is 0.104. The molecular formula is C16H16FNO2. The highest BCUT2D eigenvalue weighted by Gasteiger charge is 2.16. The van der Waals surface area contributed by atoms with Crippen LogP contribution in [-0.2, 0) is 11.3 Å². The molecule has 0 fully saturated rings. The molecular weight excluding hydrogens is 257 g/mol. The fourth-order valence-electron chi connectivity index (χ4n) is 1.86. The Bertz CT molecular complexity index is 636. The molecule has 3 nitrogen and oxygen atoms in total. The zero-order valence-electron chi connectivity index (χ0n) is 11.4. The molecule has 2 N–H and O–H groups in total. The van der Waals surface area contributed by atoms with Crippen molar-refractivity contribution in [2.45, 2.75) is 20.5 Å². The standard InChI is InChI=1S/C16H16FNO2/c1-10-3-5-12(6-4-10)9-20-16(19)14-8-13(18)7-11(2)15(14)17/h3-8H,9,18H2,1-2H3. The van der Waals surface area contributed by atoms with E-state index in [1.807, 2.05) is 31.2 Å². The highest BCUT2D eigenvalue weighted by Crippen LogP contribution is 2.18. The van der Waals surface area contributed by atoms with Gasteiger partial charge in [-0.2, -0.15) is 0 Å². The molecule has 2 aromatic rings. The number of esters is 1. The molecule has 0 unspecified atom stereocenters. The first-order valence-electron chi connectivity index (χ1n) is 6.25. The van der Waals surface area contributed by atoms with E-state index in [9.17, 15) is 9.18 Å². The van der Waals surface area contributed by atoms with E-state index in [-0.39, 0.29) is 12.2 Å². The molecule has 2 aromatic carbocycles. The van der Waals surface area contributed by atoms with E-state index in [1.54, 1.807) is 6.92 Å². The van der Waals surface area contributed by atoms with Crippen LogP contribution in [0.5, 0.6) is 0 Å². The number of hydrogen-bond donors (Lipinski definition) is 1. The topological polar surface area (TPSA) is 52.3 Å².